The largest absolute Gasteiger partial charge is 0.461 e. The van der Waals surface area contributed by atoms with Crippen molar-refractivity contribution in [2.45, 2.75) is 10.9 Å². The Morgan fingerprint density at radius 1 is 0.900 bits per heavy atom. The molecule has 0 aliphatic rings. The van der Waals surface area contributed by atoms with Crippen LogP contribution in [0, 0.1) is 5.82 Å². The molecule has 6 nitrogen and oxygen atoms in total. The fourth-order valence-electron chi connectivity index (χ4n) is 2.98. The molecule has 0 aliphatic carbocycles. The number of thioether (sulfide) groups is 1. The number of nitrogens with zero attached hydrogens (tertiary/aromatic N) is 4. The zero-order valence-electron chi connectivity index (χ0n) is 15.6. The van der Waals surface area contributed by atoms with Gasteiger partial charge >= 0.3 is 0 Å². The van der Waals surface area contributed by atoms with Crippen LogP contribution in [0.1, 0.15) is 5.69 Å². The summed E-state index contributed by atoms with van der Waals surface area (Å²) < 4.78 is 26.2. The third-order valence-electron chi connectivity index (χ3n) is 4.38. The Bertz CT molecular complexity index is 1250. The van der Waals surface area contributed by atoms with E-state index in [1.54, 1.807) is 24.7 Å². The number of hydrogen-bond donors (Lipinski definition) is 0. The number of hydrogen-bond acceptors (Lipinski definition) is 6. The van der Waals surface area contributed by atoms with E-state index in [1.165, 1.54) is 23.9 Å². The summed E-state index contributed by atoms with van der Waals surface area (Å²) in [6.45, 7) is 0. The monoisotopic (exact) mass is 418 g/mol. The fourth-order valence-corrected chi connectivity index (χ4v) is 3.80. The van der Waals surface area contributed by atoms with Crippen molar-refractivity contribution in [1.82, 2.24) is 19.7 Å². The molecule has 0 unspecified atom stereocenters. The second-order valence-corrected chi connectivity index (χ2v) is 7.34. The highest BCUT2D eigenvalue weighted by Crippen LogP contribution is 2.30. The SMILES string of the molecule is Fc1ccc(-c2nc(CSc3nnc(-c4ccco4)n3-c3ccccc3)co2)cc1. The second kappa shape index (κ2) is 8.00. The third kappa shape index (κ3) is 3.65. The van der Waals surface area contributed by atoms with Gasteiger partial charge in [-0.2, -0.15) is 0 Å². The van der Waals surface area contributed by atoms with Gasteiger partial charge in [0.05, 0.1) is 12.0 Å². The lowest BCUT2D eigenvalue weighted by molar-refractivity contribution is 0.572. The van der Waals surface area contributed by atoms with Gasteiger partial charge in [0.15, 0.2) is 10.9 Å². The van der Waals surface area contributed by atoms with E-state index < -0.39 is 0 Å². The van der Waals surface area contributed by atoms with Crippen LogP contribution in [0.5, 0.6) is 0 Å². The minimum Gasteiger partial charge on any atom is -0.461 e. The average molecular weight is 418 g/mol. The van der Waals surface area contributed by atoms with E-state index in [0.717, 1.165) is 16.9 Å². The second-order valence-electron chi connectivity index (χ2n) is 6.39. The van der Waals surface area contributed by atoms with E-state index in [9.17, 15) is 4.39 Å². The summed E-state index contributed by atoms with van der Waals surface area (Å²) in [5.41, 5.74) is 2.41. The van der Waals surface area contributed by atoms with Gasteiger partial charge in [0.1, 0.15) is 12.1 Å². The molecule has 0 bridgehead atoms. The van der Waals surface area contributed by atoms with Crippen LogP contribution in [0.3, 0.4) is 0 Å². The van der Waals surface area contributed by atoms with Gasteiger partial charge in [-0.1, -0.05) is 30.0 Å². The number of furan rings is 1. The zero-order valence-corrected chi connectivity index (χ0v) is 16.4. The summed E-state index contributed by atoms with van der Waals surface area (Å²) in [6.07, 6.45) is 3.21. The molecule has 8 heteroatoms. The van der Waals surface area contributed by atoms with Gasteiger partial charge in [0.2, 0.25) is 11.7 Å². The first-order chi connectivity index (χ1) is 14.8. The van der Waals surface area contributed by atoms with Crippen LogP contribution in [0.4, 0.5) is 4.39 Å². The normalized spacial score (nSPS) is 11.1. The Balaban J connectivity index is 1.41. The Morgan fingerprint density at radius 3 is 2.50 bits per heavy atom. The fraction of sp³-hybridized carbons (Fsp3) is 0.0455. The van der Waals surface area contributed by atoms with Crippen molar-refractivity contribution >= 4 is 11.8 Å². The molecule has 0 atom stereocenters. The molecule has 30 heavy (non-hydrogen) atoms. The highest BCUT2D eigenvalue weighted by atomic mass is 32.2. The number of benzene rings is 2. The van der Waals surface area contributed by atoms with Crippen molar-refractivity contribution in [2.75, 3.05) is 0 Å². The summed E-state index contributed by atoms with van der Waals surface area (Å²) in [5, 5.41) is 9.39. The summed E-state index contributed by atoms with van der Waals surface area (Å²) in [5.74, 6) is 1.95. The molecule has 5 rings (SSSR count). The maximum Gasteiger partial charge on any atom is 0.226 e. The standard InChI is InChI=1S/C22H15FN4O2S/c23-16-10-8-15(9-11-16)21-24-17(13-29-21)14-30-22-26-25-20(19-7-4-12-28-19)27(22)18-5-2-1-3-6-18/h1-13H,14H2. The van der Waals surface area contributed by atoms with Crippen LogP contribution in [-0.2, 0) is 5.75 Å². The lowest BCUT2D eigenvalue weighted by atomic mass is 10.2. The maximum atomic E-state index is 13.1. The van der Waals surface area contributed by atoms with Gasteiger partial charge in [-0.3, -0.25) is 4.57 Å². The molecule has 0 amide bonds. The topological polar surface area (TPSA) is 69.9 Å². The minimum absolute atomic E-state index is 0.298. The van der Waals surface area contributed by atoms with E-state index in [4.69, 9.17) is 8.83 Å². The smallest absolute Gasteiger partial charge is 0.226 e. The van der Waals surface area contributed by atoms with E-state index in [0.29, 0.717) is 28.4 Å². The number of aromatic nitrogens is 4. The molecule has 0 saturated heterocycles. The molecule has 0 radical (unpaired) electrons. The molecule has 2 aromatic carbocycles. The third-order valence-corrected chi connectivity index (χ3v) is 5.34. The molecule has 0 saturated carbocycles. The quantitative estimate of drug-likeness (QED) is 0.334. The van der Waals surface area contributed by atoms with E-state index in [2.05, 4.69) is 15.2 Å². The Labute approximate surface area is 175 Å². The highest BCUT2D eigenvalue weighted by Gasteiger charge is 2.18. The highest BCUT2D eigenvalue weighted by molar-refractivity contribution is 7.98. The van der Waals surface area contributed by atoms with Gasteiger partial charge in [0.25, 0.3) is 0 Å². The lowest BCUT2D eigenvalue weighted by Gasteiger charge is -2.08. The molecule has 148 valence electrons. The molecule has 0 fully saturated rings. The first kappa shape index (κ1) is 18.4. The average Bonchev–Trinajstić information content (AvgIpc) is 3.53. The Kier molecular flexibility index (Phi) is 4.90. The van der Waals surface area contributed by atoms with Crippen LogP contribution in [0.25, 0.3) is 28.7 Å². The van der Waals surface area contributed by atoms with E-state index in [1.807, 2.05) is 47.0 Å². The molecule has 3 heterocycles. The van der Waals surface area contributed by atoms with Crippen LogP contribution < -0.4 is 0 Å². The number of halogens is 1. The predicted octanol–water partition coefficient (Wildman–Crippen LogP) is 5.61. The number of oxazole rings is 1. The number of para-hydroxylation sites is 1. The van der Waals surface area contributed by atoms with Crippen molar-refractivity contribution in [3.05, 3.63) is 90.8 Å². The summed E-state index contributed by atoms with van der Waals surface area (Å²) >= 11 is 1.49. The number of rotatable bonds is 6. The summed E-state index contributed by atoms with van der Waals surface area (Å²) in [6, 6.07) is 19.6. The van der Waals surface area contributed by atoms with Gasteiger partial charge in [-0.05, 0) is 48.5 Å². The molecule has 0 N–H and O–H groups in total. The van der Waals surface area contributed by atoms with Crippen molar-refractivity contribution in [3.63, 3.8) is 0 Å². The van der Waals surface area contributed by atoms with Crippen LogP contribution in [0.15, 0.2) is 93.2 Å². The molecular weight excluding hydrogens is 403 g/mol. The molecule has 0 spiro atoms. The maximum absolute atomic E-state index is 13.1. The van der Waals surface area contributed by atoms with E-state index >= 15 is 0 Å². The van der Waals surface area contributed by atoms with Crippen LogP contribution in [0.2, 0.25) is 0 Å². The van der Waals surface area contributed by atoms with Crippen molar-refractivity contribution in [3.8, 4) is 28.7 Å². The predicted molar refractivity (Wildman–Crippen MR) is 111 cm³/mol. The van der Waals surface area contributed by atoms with Crippen molar-refractivity contribution < 1.29 is 13.2 Å². The Hall–Kier alpha value is -3.65. The lowest BCUT2D eigenvalue weighted by Crippen LogP contribution is -1.99. The van der Waals surface area contributed by atoms with Crippen molar-refractivity contribution in [2.24, 2.45) is 0 Å². The molecule has 0 aliphatic heterocycles. The van der Waals surface area contributed by atoms with E-state index in [-0.39, 0.29) is 5.82 Å². The summed E-state index contributed by atoms with van der Waals surface area (Å²) in [4.78, 5) is 4.50. The van der Waals surface area contributed by atoms with Crippen LogP contribution >= 0.6 is 11.8 Å². The van der Waals surface area contributed by atoms with Gasteiger partial charge < -0.3 is 8.83 Å². The molecular formula is C22H15FN4O2S. The van der Waals surface area contributed by atoms with Crippen molar-refractivity contribution in [1.29, 1.82) is 0 Å². The van der Waals surface area contributed by atoms with Gasteiger partial charge in [-0.25, -0.2) is 9.37 Å². The molecule has 3 aromatic heterocycles. The Morgan fingerprint density at radius 2 is 1.73 bits per heavy atom. The van der Waals surface area contributed by atoms with Gasteiger partial charge in [0, 0.05) is 17.0 Å². The molecule has 5 aromatic rings. The van der Waals surface area contributed by atoms with Crippen LogP contribution in [-0.4, -0.2) is 19.7 Å². The first-order valence-corrected chi connectivity index (χ1v) is 10.1. The van der Waals surface area contributed by atoms with Gasteiger partial charge in [-0.15, -0.1) is 10.2 Å². The minimum atomic E-state index is -0.298. The zero-order chi connectivity index (χ0) is 20.3. The summed E-state index contributed by atoms with van der Waals surface area (Å²) in [7, 11) is 0. The first-order valence-electron chi connectivity index (χ1n) is 9.16.